The van der Waals surface area contributed by atoms with E-state index in [0.717, 1.165) is 12.2 Å². The number of hydrogen-bond donors (Lipinski definition) is 1. The van der Waals surface area contributed by atoms with Crippen LogP contribution in [-0.4, -0.2) is 69.0 Å². The van der Waals surface area contributed by atoms with Crippen molar-refractivity contribution in [2.75, 3.05) is 38.0 Å². The van der Waals surface area contributed by atoms with E-state index in [0.29, 0.717) is 24.9 Å². The fraction of sp³-hybridized carbons (Fsp3) is 0.867. The molecule has 0 aromatic carbocycles. The van der Waals surface area contributed by atoms with Crippen molar-refractivity contribution in [1.82, 2.24) is 5.32 Å². The first-order valence-electron chi connectivity index (χ1n) is 8.00. The normalized spacial score (nSPS) is 15.0. The predicted molar refractivity (Wildman–Crippen MR) is 96.6 cm³/mol. The highest BCUT2D eigenvalue weighted by molar-refractivity contribution is 8.33. The first kappa shape index (κ1) is 21.3. The third-order valence-corrected chi connectivity index (χ3v) is 7.65. The van der Waals surface area contributed by atoms with E-state index < -0.39 is 16.1 Å². The number of carbonyl (C=O) groups excluding carboxylic acids is 2. The van der Waals surface area contributed by atoms with Crippen LogP contribution < -0.4 is 5.32 Å². The molecule has 5 nitrogen and oxygen atoms in total. The molecule has 0 spiro atoms. The van der Waals surface area contributed by atoms with Gasteiger partial charge in [0.25, 0.3) is 0 Å². The Morgan fingerprint density at radius 2 is 1.77 bits per heavy atom. The molecule has 0 aliphatic heterocycles. The summed E-state index contributed by atoms with van der Waals surface area (Å²) in [5, 5.41) is 3.83. The van der Waals surface area contributed by atoms with Crippen LogP contribution in [0.1, 0.15) is 33.6 Å². The zero-order chi connectivity index (χ0) is 17.2. The first-order chi connectivity index (χ1) is 10.2. The van der Waals surface area contributed by atoms with Crippen LogP contribution in [0, 0.1) is 0 Å². The predicted octanol–water partition coefficient (Wildman–Crippen LogP) is 0.894. The molecule has 0 bridgehead atoms. The molecule has 0 saturated heterocycles. The molecule has 130 valence electrons. The molecular formula is C15H32BNO4S. The summed E-state index contributed by atoms with van der Waals surface area (Å²) >= 11 is 0. The van der Waals surface area contributed by atoms with Gasteiger partial charge in [-0.3, -0.25) is 19.6 Å². The van der Waals surface area contributed by atoms with Crippen LogP contribution >= 0.6 is 10.0 Å². The van der Waals surface area contributed by atoms with Crippen molar-refractivity contribution in [2.24, 2.45) is 0 Å². The van der Waals surface area contributed by atoms with E-state index in [4.69, 9.17) is 9.47 Å². The highest BCUT2D eigenvalue weighted by Crippen LogP contribution is 2.43. The number of ether oxygens (including phenoxy) is 2. The molecular weight excluding hydrogens is 301 g/mol. The molecule has 0 aliphatic rings. The molecule has 0 aliphatic carbocycles. The minimum Gasteiger partial charge on any atom is -0.466 e. The highest BCUT2D eigenvalue weighted by atomic mass is 32.3. The van der Waals surface area contributed by atoms with Gasteiger partial charge in [-0.2, -0.15) is 0 Å². The van der Waals surface area contributed by atoms with Crippen LogP contribution in [0.15, 0.2) is 0 Å². The Balaban J connectivity index is 4.35. The SMILES string of the molecule is BC(C)S(C)(C)CCCNC(CC(=O)OCC)C(=O)OCC. The van der Waals surface area contributed by atoms with Crippen LogP contribution in [0.3, 0.4) is 0 Å². The Morgan fingerprint density at radius 3 is 2.27 bits per heavy atom. The first-order valence-corrected chi connectivity index (χ1v) is 10.7. The summed E-state index contributed by atoms with van der Waals surface area (Å²) < 4.78 is 9.93. The molecule has 0 heterocycles. The Hall–Kier alpha value is -0.685. The molecule has 1 N–H and O–H groups in total. The highest BCUT2D eigenvalue weighted by Gasteiger charge is 2.23. The Morgan fingerprint density at radius 1 is 1.18 bits per heavy atom. The van der Waals surface area contributed by atoms with Crippen molar-refractivity contribution < 1.29 is 19.1 Å². The monoisotopic (exact) mass is 333 g/mol. The minimum atomic E-state index is -0.615. The third-order valence-electron chi connectivity index (χ3n) is 3.76. The van der Waals surface area contributed by atoms with Gasteiger partial charge in [0.1, 0.15) is 13.9 Å². The lowest BCUT2D eigenvalue weighted by Gasteiger charge is -2.36. The summed E-state index contributed by atoms with van der Waals surface area (Å²) in [6.45, 7) is 7.09. The average Bonchev–Trinajstić information content (AvgIpc) is 2.42. The molecule has 0 aromatic rings. The van der Waals surface area contributed by atoms with Gasteiger partial charge in [0.2, 0.25) is 0 Å². The van der Waals surface area contributed by atoms with Crippen LogP contribution in [0.4, 0.5) is 0 Å². The van der Waals surface area contributed by atoms with Gasteiger partial charge in [-0.1, -0.05) is 6.92 Å². The molecule has 22 heavy (non-hydrogen) atoms. The maximum absolute atomic E-state index is 11.9. The van der Waals surface area contributed by atoms with Gasteiger partial charge >= 0.3 is 11.9 Å². The van der Waals surface area contributed by atoms with E-state index in [1.165, 1.54) is 0 Å². The number of rotatable bonds is 11. The van der Waals surface area contributed by atoms with Crippen molar-refractivity contribution in [3.05, 3.63) is 0 Å². The standard InChI is InChI=1S/C15H32BNO4S/c1-6-20-14(18)11-13(15(19)21-7-2)17-9-8-10-22(4,5)12(3)16/h12-13,17H,6-11,16H2,1-5H3. The Bertz CT molecular complexity index is 350. The molecule has 0 aromatic heterocycles. The molecule has 0 radical (unpaired) electrons. The molecule has 2 unspecified atom stereocenters. The van der Waals surface area contributed by atoms with E-state index in [9.17, 15) is 9.59 Å². The summed E-state index contributed by atoms with van der Waals surface area (Å²) in [7, 11) is 1.65. The van der Waals surface area contributed by atoms with Crippen molar-refractivity contribution >= 4 is 29.8 Å². The maximum atomic E-state index is 11.9. The molecule has 0 rings (SSSR count). The smallest absolute Gasteiger partial charge is 0.323 e. The Kier molecular flexibility index (Phi) is 10.6. The van der Waals surface area contributed by atoms with Crippen LogP contribution in [0.5, 0.6) is 0 Å². The average molecular weight is 333 g/mol. The van der Waals surface area contributed by atoms with Gasteiger partial charge in [0.05, 0.1) is 19.6 Å². The van der Waals surface area contributed by atoms with Crippen molar-refractivity contribution in [3.8, 4) is 0 Å². The van der Waals surface area contributed by atoms with E-state index >= 15 is 0 Å². The molecule has 2 atom stereocenters. The van der Waals surface area contributed by atoms with Crippen LogP contribution in [-0.2, 0) is 19.1 Å². The number of hydrogen-bond acceptors (Lipinski definition) is 5. The fourth-order valence-corrected chi connectivity index (χ4v) is 3.18. The molecule has 7 heteroatoms. The second-order valence-corrected chi connectivity index (χ2v) is 10.6. The van der Waals surface area contributed by atoms with Gasteiger partial charge in [0.15, 0.2) is 0 Å². The quantitative estimate of drug-likeness (QED) is 0.346. The van der Waals surface area contributed by atoms with Crippen molar-refractivity contribution in [3.63, 3.8) is 0 Å². The van der Waals surface area contributed by atoms with Gasteiger partial charge in [-0.15, -0.1) is 0 Å². The second kappa shape index (κ2) is 10.9. The number of nitrogens with one attached hydrogen (secondary N) is 1. The third kappa shape index (κ3) is 8.68. The minimum absolute atomic E-state index is 0.0209. The maximum Gasteiger partial charge on any atom is 0.323 e. The molecule has 0 fully saturated rings. The van der Waals surface area contributed by atoms with Gasteiger partial charge < -0.3 is 14.8 Å². The summed E-state index contributed by atoms with van der Waals surface area (Å²) in [6.07, 6.45) is 5.67. The van der Waals surface area contributed by atoms with Gasteiger partial charge in [-0.05, 0) is 50.2 Å². The van der Waals surface area contributed by atoms with Crippen molar-refractivity contribution in [2.45, 2.75) is 44.8 Å². The zero-order valence-electron chi connectivity index (χ0n) is 14.9. The fourth-order valence-electron chi connectivity index (χ4n) is 1.82. The molecule has 0 amide bonds. The zero-order valence-corrected chi connectivity index (χ0v) is 15.8. The lowest BCUT2D eigenvalue weighted by atomic mass is 10.1. The van der Waals surface area contributed by atoms with E-state index in [-0.39, 0.29) is 18.4 Å². The number of carbonyl (C=O) groups is 2. The summed E-state index contributed by atoms with van der Waals surface area (Å²) in [6, 6.07) is -0.615. The topological polar surface area (TPSA) is 64.6 Å². The Labute approximate surface area is 137 Å². The van der Waals surface area contributed by atoms with Crippen molar-refractivity contribution in [1.29, 1.82) is 0 Å². The van der Waals surface area contributed by atoms with Gasteiger partial charge in [0, 0.05) is 0 Å². The molecule has 0 saturated carbocycles. The second-order valence-electron chi connectivity index (χ2n) is 6.00. The van der Waals surface area contributed by atoms with Crippen LogP contribution in [0.25, 0.3) is 0 Å². The number of esters is 2. The lowest BCUT2D eigenvalue weighted by molar-refractivity contribution is -0.152. The van der Waals surface area contributed by atoms with Gasteiger partial charge in [-0.25, -0.2) is 0 Å². The largest absolute Gasteiger partial charge is 0.466 e. The van der Waals surface area contributed by atoms with E-state index in [1.54, 1.807) is 13.8 Å². The lowest BCUT2D eigenvalue weighted by Crippen LogP contribution is -2.41. The summed E-state index contributed by atoms with van der Waals surface area (Å²) in [5.74, 6) is 0.388. The van der Waals surface area contributed by atoms with E-state index in [2.05, 4.69) is 32.6 Å². The summed E-state index contributed by atoms with van der Waals surface area (Å²) in [4.78, 5) is 23.5. The summed E-state index contributed by atoms with van der Waals surface area (Å²) in [5.41, 5.74) is 0. The van der Waals surface area contributed by atoms with E-state index in [1.807, 2.05) is 0 Å². The van der Waals surface area contributed by atoms with Crippen LogP contribution in [0.2, 0.25) is 0 Å².